The van der Waals surface area contributed by atoms with Crippen LogP contribution in [0.1, 0.15) is 17.5 Å². The molecule has 0 spiro atoms. The van der Waals surface area contributed by atoms with Gasteiger partial charge in [-0.1, -0.05) is 30.3 Å². The standard InChI is InChI=1S/C14H11N3O2/c15-17-13(9-5-1-3-7-11(9)18)14-16-10-6-2-4-8-12(10)19-14/h1-8,13,15,18H. The molecule has 0 saturated heterocycles. The van der Waals surface area contributed by atoms with Gasteiger partial charge in [-0.2, -0.15) is 5.11 Å². The Morgan fingerprint density at radius 3 is 2.58 bits per heavy atom. The number of para-hydroxylation sites is 3. The molecule has 19 heavy (non-hydrogen) atoms. The first-order chi connectivity index (χ1) is 9.29. The van der Waals surface area contributed by atoms with Crippen LogP contribution in [-0.2, 0) is 0 Å². The van der Waals surface area contributed by atoms with Crippen molar-refractivity contribution in [3.63, 3.8) is 0 Å². The monoisotopic (exact) mass is 253 g/mol. The molecule has 2 N–H and O–H groups in total. The number of nitrogens with one attached hydrogen (secondary N) is 1. The third kappa shape index (κ3) is 1.95. The number of nitrogens with zero attached hydrogens (tertiary/aromatic N) is 2. The third-order valence-electron chi connectivity index (χ3n) is 2.90. The van der Waals surface area contributed by atoms with E-state index in [9.17, 15) is 5.11 Å². The number of hydrogen-bond donors (Lipinski definition) is 2. The minimum Gasteiger partial charge on any atom is -0.508 e. The summed E-state index contributed by atoms with van der Waals surface area (Å²) in [5, 5.41) is 13.4. The first-order valence-electron chi connectivity index (χ1n) is 5.79. The highest BCUT2D eigenvalue weighted by molar-refractivity contribution is 5.72. The number of hydrogen-bond acceptors (Lipinski definition) is 5. The molecule has 1 unspecified atom stereocenters. The molecule has 2 aromatic carbocycles. The molecule has 0 aliphatic heterocycles. The van der Waals surface area contributed by atoms with Gasteiger partial charge in [-0.05, 0) is 18.2 Å². The van der Waals surface area contributed by atoms with Crippen LogP contribution in [0.3, 0.4) is 0 Å². The van der Waals surface area contributed by atoms with Gasteiger partial charge in [0.2, 0.25) is 5.89 Å². The molecular weight excluding hydrogens is 242 g/mol. The van der Waals surface area contributed by atoms with Gasteiger partial charge in [-0.25, -0.2) is 10.5 Å². The van der Waals surface area contributed by atoms with Gasteiger partial charge in [-0.15, -0.1) is 0 Å². The molecule has 0 aliphatic rings. The van der Waals surface area contributed by atoms with E-state index in [4.69, 9.17) is 9.95 Å². The quantitative estimate of drug-likeness (QED) is 0.699. The van der Waals surface area contributed by atoms with Gasteiger partial charge in [0.1, 0.15) is 11.3 Å². The van der Waals surface area contributed by atoms with Crippen LogP contribution in [0.2, 0.25) is 0 Å². The largest absolute Gasteiger partial charge is 0.508 e. The van der Waals surface area contributed by atoms with Crippen molar-refractivity contribution in [1.29, 1.82) is 5.53 Å². The van der Waals surface area contributed by atoms with Crippen molar-refractivity contribution in [2.24, 2.45) is 5.11 Å². The predicted molar refractivity (Wildman–Crippen MR) is 69.1 cm³/mol. The van der Waals surface area contributed by atoms with Crippen molar-refractivity contribution in [2.45, 2.75) is 6.04 Å². The molecule has 0 amide bonds. The van der Waals surface area contributed by atoms with E-state index in [1.54, 1.807) is 30.3 Å². The van der Waals surface area contributed by atoms with Crippen molar-refractivity contribution in [1.82, 2.24) is 4.98 Å². The maximum atomic E-state index is 9.84. The lowest BCUT2D eigenvalue weighted by molar-refractivity contribution is 0.447. The zero-order valence-corrected chi connectivity index (χ0v) is 9.95. The van der Waals surface area contributed by atoms with Crippen LogP contribution >= 0.6 is 0 Å². The smallest absolute Gasteiger partial charge is 0.226 e. The minimum absolute atomic E-state index is 0.0748. The zero-order valence-electron chi connectivity index (χ0n) is 9.95. The second-order valence-electron chi connectivity index (χ2n) is 4.11. The maximum absolute atomic E-state index is 9.84. The number of oxazole rings is 1. The highest BCUT2D eigenvalue weighted by atomic mass is 16.3. The molecule has 1 aromatic heterocycles. The van der Waals surface area contributed by atoms with E-state index in [2.05, 4.69) is 10.1 Å². The van der Waals surface area contributed by atoms with Crippen molar-refractivity contribution < 1.29 is 9.52 Å². The molecular formula is C14H11N3O2. The van der Waals surface area contributed by atoms with Crippen LogP contribution in [-0.4, -0.2) is 10.1 Å². The summed E-state index contributed by atoms with van der Waals surface area (Å²) in [4.78, 5) is 4.31. The van der Waals surface area contributed by atoms with Gasteiger partial charge in [0.25, 0.3) is 0 Å². The number of aromatic hydroxyl groups is 1. The Kier molecular flexibility index (Phi) is 2.72. The number of phenolic OH excluding ortho intramolecular Hbond substituents is 1. The molecule has 0 fully saturated rings. The van der Waals surface area contributed by atoms with Gasteiger partial charge in [0.15, 0.2) is 11.6 Å². The van der Waals surface area contributed by atoms with Gasteiger partial charge >= 0.3 is 0 Å². The van der Waals surface area contributed by atoms with Crippen LogP contribution in [0, 0.1) is 5.53 Å². The summed E-state index contributed by atoms with van der Waals surface area (Å²) in [6.07, 6.45) is 0. The number of phenols is 1. The molecule has 3 rings (SSSR count). The lowest BCUT2D eigenvalue weighted by Crippen LogP contribution is -1.97. The van der Waals surface area contributed by atoms with E-state index in [1.165, 1.54) is 0 Å². The molecule has 94 valence electrons. The SMILES string of the molecule is N=NC(c1nc2ccccc2o1)c1ccccc1O. The van der Waals surface area contributed by atoms with E-state index < -0.39 is 6.04 Å². The fourth-order valence-electron chi connectivity index (χ4n) is 1.98. The average molecular weight is 253 g/mol. The average Bonchev–Trinajstić information content (AvgIpc) is 2.85. The summed E-state index contributed by atoms with van der Waals surface area (Å²) in [5.74, 6) is 0.378. The van der Waals surface area contributed by atoms with Gasteiger partial charge in [0, 0.05) is 5.56 Å². The van der Waals surface area contributed by atoms with Crippen LogP contribution in [0.15, 0.2) is 58.1 Å². The van der Waals surface area contributed by atoms with Crippen LogP contribution < -0.4 is 0 Å². The third-order valence-corrected chi connectivity index (χ3v) is 2.90. The summed E-state index contributed by atoms with van der Waals surface area (Å²) >= 11 is 0. The van der Waals surface area contributed by atoms with E-state index >= 15 is 0 Å². The number of rotatable bonds is 3. The molecule has 5 nitrogen and oxygen atoms in total. The highest BCUT2D eigenvalue weighted by Crippen LogP contribution is 2.33. The fraction of sp³-hybridized carbons (Fsp3) is 0.0714. The molecule has 3 aromatic rings. The zero-order chi connectivity index (χ0) is 13.2. The normalized spacial score (nSPS) is 12.4. The number of aromatic nitrogens is 1. The lowest BCUT2D eigenvalue weighted by atomic mass is 10.1. The molecule has 5 heteroatoms. The molecule has 0 radical (unpaired) electrons. The van der Waals surface area contributed by atoms with Crippen molar-refractivity contribution in [3.8, 4) is 5.75 Å². The minimum atomic E-state index is -0.728. The van der Waals surface area contributed by atoms with E-state index in [0.29, 0.717) is 22.6 Å². The Morgan fingerprint density at radius 1 is 1.11 bits per heavy atom. The molecule has 0 bridgehead atoms. The van der Waals surface area contributed by atoms with Gasteiger partial charge in [0.05, 0.1) is 0 Å². The number of benzene rings is 2. The van der Waals surface area contributed by atoms with Crippen LogP contribution in [0.4, 0.5) is 0 Å². The summed E-state index contributed by atoms with van der Waals surface area (Å²) in [6.45, 7) is 0. The van der Waals surface area contributed by atoms with Crippen molar-refractivity contribution in [2.75, 3.05) is 0 Å². The van der Waals surface area contributed by atoms with E-state index in [0.717, 1.165) is 0 Å². The Bertz CT molecular complexity index is 703. The van der Waals surface area contributed by atoms with E-state index in [1.807, 2.05) is 18.2 Å². The van der Waals surface area contributed by atoms with Gasteiger partial charge < -0.3 is 9.52 Å². The summed E-state index contributed by atoms with van der Waals surface area (Å²) in [5.41, 5.74) is 9.17. The Labute approximate surface area is 109 Å². The summed E-state index contributed by atoms with van der Waals surface area (Å²) in [6, 6.07) is 13.4. The molecule has 0 saturated carbocycles. The Balaban J connectivity index is 2.12. The van der Waals surface area contributed by atoms with Crippen LogP contribution in [0.25, 0.3) is 11.1 Å². The van der Waals surface area contributed by atoms with E-state index in [-0.39, 0.29) is 5.75 Å². The second kappa shape index (κ2) is 4.53. The van der Waals surface area contributed by atoms with Crippen molar-refractivity contribution in [3.05, 3.63) is 60.0 Å². The Hall–Kier alpha value is -2.69. The van der Waals surface area contributed by atoms with Gasteiger partial charge in [-0.3, -0.25) is 0 Å². The Morgan fingerprint density at radius 2 is 1.84 bits per heavy atom. The summed E-state index contributed by atoms with van der Waals surface area (Å²) < 4.78 is 5.59. The molecule has 0 aliphatic carbocycles. The lowest BCUT2D eigenvalue weighted by Gasteiger charge is -2.08. The van der Waals surface area contributed by atoms with Crippen LogP contribution in [0.5, 0.6) is 5.75 Å². The maximum Gasteiger partial charge on any atom is 0.226 e. The van der Waals surface area contributed by atoms with Crippen molar-refractivity contribution >= 4 is 11.1 Å². The second-order valence-corrected chi connectivity index (χ2v) is 4.11. The fourth-order valence-corrected chi connectivity index (χ4v) is 1.98. The molecule has 1 atom stereocenters. The topological polar surface area (TPSA) is 82.5 Å². The summed E-state index contributed by atoms with van der Waals surface area (Å²) in [7, 11) is 0. The predicted octanol–water partition coefficient (Wildman–Crippen LogP) is 3.65. The highest BCUT2D eigenvalue weighted by Gasteiger charge is 2.22. The number of fused-ring (bicyclic) bond motifs is 1. The first-order valence-corrected chi connectivity index (χ1v) is 5.79. The molecule has 1 heterocycles. The first kappa shape index (κ1) is 11.4.